The number of carbonyl (C=O) groups is 1. The minimum Gasteiger partial charge on any atom is -0.477 e. The molecule has 6 heteroatoms. The van der Waals surface area contributed by atoms with Gasteiger partial charge in [-0.1, -0.05) is 23.7 Å². The van der Waals surface area contributed by atoms with Gasteiger partial charge in [0, 0.05) is 23.0 Å². The second-order valence-electron chi connectivity index (χ2n) is 3.93. The van der Waals surface area contributed by atoms with Crippen molar-refractivity contribution in [2.45, 2.75) is 0 Å². The fourth-order valence-electron chi connectivity index (χ4n) is 1.92. The van der Waals surface area contributed by atoms with E-state index in [0.29, 0.717) is 21.9 Å². The van der Waals surface area contributed by atoms with E-state index in [4.69, 9.17) is 11.6 Å². The summed E-state index contributed by atoms with van der Waals surface area (Å²) in [5.74, 6) is -1.07. The van der Waals surface area contributed by atoms with Gasteiger partial charge in [-0.05, 0) is 18.2 Å². The maximum Gasteiger partial charge on any atom is 0.341 e. The highest BCUT2D eigenvalue weighted by molar-refractivity contribution is 6.30. The lowest BCUT2D eigenvalue weighted by Gasteiger charge is -1.99. The molecule has 2 heterocycles. The average molecular weight is 274 g/mol. The second-order valence-corrected chi connectivity index (χ2v) is 4.36. The van der Waals surface area contributed by atoms with Gasteiger partial charge in [0.1, 0.15) is 11.3 Å². The van der Waals surface area contributed by atoms with Crippen molar-refractivity contribution in [1.82, 2.24) is 14.6 Å². The molecule has 0 unspecified atom stereocenters. The van der Waals surface area contributed by atoms with E-state index < -0.39 is 5.97 Å². The van der Waals surface area contributed by atoms with Crippen molar-refractivity contribution in [2.75, 3.05) is 0 Å². The van der Waals surface area contributed by atoms with Crippen LogP contribution in [0.1, 0.15) is 10.4 Å². The van der Waals surface area contributed by atoms with Crippen LogP contribution in [-0.2, 0) is 0 Å². The number of hydrogen-bond donors (Lipinski definition) is 1. The van der Waals surface area contributed by atoms with E-state index in [0.717, 1.165) is 0 Å². The molecule has 3 rings (SSSR count). The number of rotatable bonds is 2. The van der Waals surface area contributed by atoms with Crippen molar-refractivity contribution in [2.24, 2.45) is 0 Å². The Morgan fingerprint density at radius 1 is 1.32 bits per heavy atom. The first-order valence-electron chi connectivity index (χ1n) is 5.49. The summed E-state index contributed by atoms with van der Waals surface area (Å²) in [5, 5.41) is 14.1. The third-order valence-electron chi connectivity index (χ3n) is 2.71. The summed E-state index contributed by atoms with van der Waals surface area (Å²) < 4.78 is 1.44. The van der Waals surface area contributed by atoms with Crippen LogP contribution in [0.2, 0.25) is 5.02 Å². The molecule has 0 radical (unpaired) electrons. The summed E-state index contributed by atoms with van der Waals surface area (Å²) in [7, 11) is 0. The number of nitrogens with zero attached hydrogens (tertiary/aromatic N) is 3. The SMILES string of the molecule is O=C(O)c1c(-c2cccc(Cl)c2)nn2cccnc12. The molecule has 19 heavy (non-hydrogen) atoms. The van der Waals surface area contributed by atoms with E-state index in [9.17, 15) is 9.90 Å². The highest BCUT2D eigenvalue weighted by Gasteiger charge is 2.21. The van der Waals surface area contributed by atoms with Crippen LogP contribution >= 0.6 is 11.6 Å². The maximum absolute atomic E-state index is 11.4. The predicted molar refractivity (Wildman–Crippen MR) is 70.4 cm³/mol. The Kier molecular flexibility index (Phi) is 2.68. The van der Waals surface area contributed by atoms with E-state index >= 15 is 0 Å². The molecular weight excluding hydrogens is 266 g/mol. The topological polar surface area (TPSA) is 67.5 Å². The summed E-state index contributed by atoms with van der Waals surface area (Å²) in [6.07, 6.45) is 3.19. The van der Waals surface area contributed by atoms with Gasteiger partial charge >= 0.3 is 5.97 Å². The summed E-state index contributed by atoms with van der Waals surface area (Å²) in [6.45, 7) is 0. The van der Waals surface area contributed by atoms with Crippen molar-refractivity contribution >= 4 is 23.2 Å². The van der Waals surface area contributed by atoms with Crippen molar-refractivity contribution in [1.29, 1.82) is 0 Å². The summed E-state index contributed by atoms with van der Waals surface area (Å²) in [4.78, 5) is 15.5. The fourth-order valence-corrected chi connectivity index (χ4v) is 2.11. The molecule has 0 aliphatic carbocycles. The molecule has 0 saturated carbocycles. The zero-order valence-corrected chi connectivity index (χ0v) is 10.4. The lowest BCUT2D eigenvalue weighted by molar-refractivity contribution is 0.0699. The van der Waals surface area contributed by atoms with Crippen LogP contribution in [0.25, 0.3) is 16.9 Å². The smallest absolute Gasteiger partial charge is 0.341 e. The molecule has 0 atom stereocenters. The van der Waals surface area contributed by atoms with Crippen molar-refractivity contribution in [3.63, 3.8) is 0 Å². The largest absolute Gasteiger partial charge is 0.477 e. The first kappa shape index (κ1) is 11.7. The molecule has 94 valence electrons. The molecule has 5 nitrogen and oxygen atoms in total. The van der Waals surface area contributed by atoms with Crippen molar-refractivity contribution in [3.8, 4) is 11.3 Å². The maximum atomic E-state index is 11.4. The lowest BCUT2D eigenvalue weighted by Crippen LogP contribution is -1.99. The van der Waals surface area contributed by atoms with Crippen LogP contribution in [0.3, 0.4) is 0 Å². The summed E-state index contributed by atoms with van der Waals surface area (Å²) >= 11 is 5.93. The molecule has 1 N–H and O–H groups in total. The summed E-state index contributed by atoms with van der Waals surface area (Å²) in [6, 6.07) is 8.60. The molecule has 0 spiro atoms. The zero-order valence-electron chi connectivity index (χ0n) is 9.62. The molecule has 0 bridgehead atoms. The number of carboxylic acid groups (broad SMARTS) is 1. The van der Waals surface area contributed by atoms with Gasteiger partial charge in [0.2, 0.25) is 0 Å². The van der Waals surface area contributed by atoms with Gasteiger partial charge < -0.3 is 5.11 Å². The van der Waals surface area contributed by atoms with Crippen molar-refractivity contribution < 1.29 is 9.90 Å². The van der Waals surface area contributed by atoms with Crippen LogP contribution in [-0.4, -0.2) is 25.7 Å². The lowest BCUT2D eigenvalue weighted by atomic mass is 10.1. The molecule has 0 amide bonds. The molecule has 2 aromatic heterocycles. The van der Waals surface area contributed by atoms with Crippen LogP contribution < -0.4 is 0 Å². The van der Waals surface area contributed by atoms with Gasteiger partial charge in [-0.2, -0.15) is 5.10 Å². The Bertz CT molecular complexity index is 782. The van der Waals surface area contributed by atoms with Gasteiger partial charge in [0.05, 0.1) is 0 Å². The zero-order chi connectivity index (χ0) is 13.4. The average Bonchev–Trinajstić information content (AvgIpc) is 2.78. The van der Waals surface area contributed by atoms with Gasteiger partial charge in [0.15, 0.2) is 5.65 Å². The van der Waals surface area contributed by atoms with Gasteiger partial charge in [-0.15, -0.1) is 0 Å². The molecular formula is C13H8ClN3O2. The highest BCUT2D eigenvalue weighted by Crippen LogP contribution is 2.27. The fraction of sp³-hybridized carbons (Fsp3) is 0. The van der Waals surface area contributed by atoms with Gasteiger partial charge in [0.25, 0.3) is 0 Å². The minimum absolute atomic E-state index is 0.0721. The third-order valence-corrected chi connectivity index (χ3v) is 2.94. The monoisotopic (exact) mass is 273 g/mol. The van der Waals surface area contributed by atoms with E-state index in [2.05, 4.69) is 10.1 Å². The number of aromatic nitrogens is 3. The molecule has 1 aromatic carbocycles. The van der Waals surface area contributed by atoms with E-state index in [1.54, 1.807) is 36.5 Å². The first-order chi connectivity index (χ1) is 9.16. The number of aromatic carboxylic acids is 1. The quantitative estimate of drug-likeness (QED) is 0.779. The Balaban J connectivity index is 2.34. The van der Waals surface area contributed by atoms with E-state index in [1.807, 2.05) is 0 Å². The molecule has 3 aromatic rings. The van der Waals surface area contributed by atoms with Crippen LogP contribution in [0.15, 0.2) is 42.7 Å². The molecule has 0 aliphatic heterocycles. The second kappa shape index (κ2) is 4.37. The number of fused-ring (bicyclic) bond motifs is 1. The number of benzene rings is 1. The standard InChI is InChI=1S/C13H8ClN3O2/c14-9-4-1-3-8(7-9)11-10(13(18)19)12-15-5-2-6-17(12)16-11/h1-7H,(H,18,19). The number of halogens is 1. The Labute approximate surface area is 113 Å². The van der Waals surface area contributed by atoms with Crippen LogP contribution in [0, 0.1) is 0 Å². The van der Waals surface area contributed by atoms with E-state index in [1.165, 1.54) is 10.7 Å². The normalized spacial score (nSPS) is 10.8. The minimum atomic E-state index is -1.07. The number of hydrogen-bond acceptors (Lipinski definition) is 3. The Morgan fingerprint density at radius 3 is 2.89 bits per heavy atom. The highest BCUT2D eigenvalue weighted by atomic mass is 35.5. The first-order valence-corrected chi connectivity index (χ1v) is 5.87. The molecule has 0 fully saturated rings. The number of carboxylic acids is 1. The predicted octanol–water partition coefficient (Wildman–Crippen LogP) is 2.75. The van der Waals surface area contributed by atoms with Gasteiger partial charge in [-0.3, -0.25) is 0 Å². The van der Waals surface area contributed by atoms with E-state index in [-0.39, 0.29) is 5.56 Å². The van der Waals surface area contributed by atoms with Crippen LogP contribution in [0.5, 0.6) is 0 Å². The molecule has 0 saturated heterocycles. The summed E-state index contributed by atoms with van der Waals surface area (Å²) in [5.41, 5.74) is 1.39. The third kappa shape index (κ3) is 1.94. The Morgan fingerprint density at radius 2 is 2.16 bits per heavy atom. The van der Waals surface area contributed by atoms with Gasteiger partial charge in [-0.25, -0.2) is 14.3 Å². The molecule has 0 aliphatic rings. The van der Waals surface area contributed by atoms with Crippen molar-refractivity contribution in [3.05, 3.63) is 53.3 Å². The van der Waals surface area contributed by atoms with Crippen LogP contribution in [0.4, 0.5) is 0 Å². The Hall–Kier alpha value is -2.40.